The molecule has 0 radical (unpaired) electrons. The molecule has 19 heavy (non-hydrogen) atoms. The van der Waals surface area contributed by atoms with Gasteiger partial charge in [-0.1, -0.05) is 30.0 Å². The Morgan fingerprint density at radius 1 is 1.47 bits per heavy atom. The first-order chi connectivity index (χ1) is 8.80. The summed E-state index contributed by atoms with van der Waals surface area (Å²) in [6.45, 7) is 1.49. The van der Waals surface area contributed by atoms with Gasteiger partial charge in [-0.05, 0) is 18.6 Å². The van der Waals surface area contributed by atoms with E-state index in [0.29, 0.717) is 12.2 Å². The van der Waals surface area contributed by atoms with Crippen molar-refractivity contribution in [3.8, 4) is 0 Å². The third-order valence-corrected chi connectivity index (χ3v) is 3.95. The van der Waals surface area contributed by atoms with Crippen molar-refractivity contribution in [2.45, 2.75) is 18.2 Å². The van der Waals surface area contributed by atoms with E-state index in [1.807, 2.05) is 0 Å². The lowest BCUT2D eigenvalue weighted by Gasteiger charge is -2.01. The zero-order chi connectivity index (χ0) is 14.5. The number of hydrogen-bond donors (Lipinski definition) is 1. The number of rotatable bonds is 5. The van der Waals surface area contributed by atoms with Gasteiger partial charge in [0, 0.05) is 18.2 Å². The van der Waals surface area contributed by atoms with Crippen molar-refractivity contribution in [2.24, 2.45) is 5.14 Å². The topological polar surface area (TPSA) is 77.2 Å². The number of carbonyl (C=O) groups excluding carboxylic acids is 1. The Balaban J connectivity index is 2.70. The molecule has 0 amide bonds. The summed E-state index contributed by atoms with van der Waals surface area (Å²) in [5, 5.41) is 4.94. The van der Waals surface area contributed by atoms with E-state index in [9.17, 15) is 17.6 Å². The average molecular weight is 303 g/mol. The Labute approximate surface area is 115 Å². The van der Waals surface area contributed by atoms with E-state index in [0.717, 1.165) is 6.07 Å². The second-order valence-electron chi connectivity index (χ2n) is 3.76. The van der Waals surface area contributed by atoms with Crippen molar-refractivity contribution in [3.05, 3.63) is 35.7 Å². The summed E-state index contributed by atoms with van der Waals surface area (Å²) in [5.41, 5.74) is 0.278. The van der Waals surface area contributed by atoms with Gasteiger partial charge in [-0.3, -0.25) is 4.79 Å². The lowest BCUT2D eigenvalue weighted by Crippen LogP contribution is -2.12. The molecule has 0 aromatic heterocycles. The minimum absolute atomic E-state index is 0.0390. The van der Waals surface area contributed by atoms with E-state index < -0.39 is 15.8 Å². The lowest BCUT2D eigenvalue weighted by molar-refractivity contribution is -0.109. The first-order valence-electron chi connectivity index (χ1n) is 5.43. The summed E-state index contributed by atoms with van der Waals surface area (Å²) >= 11 is 1.20. The Kier molecular flexibility index (Phi) is 5.71. The van der Waals surface area contributed by atoms with Crippen LogP contribution in [0.15, 0.2) is 29.2 Å². The van der Waals surface area contributed by atoms with Gasteiger partial charge in [0.2, 0.25) is 10.0 Å². The van der Waals surface area contributed by atoms with Gasteiger partial charge >= 0.3 is 0 Å². The quantitative estimate of drug-likeness (QED) is 0.846. The molecule has 0 bridgehead atoms. The number of carbonyl (C=O) groups is 1. The van der Waals surface area contributed by atoms with Crippen molar-refractivity contribution in [2.75, 3.05) is 5.75 Å². The number of allylic oxidation sites excluding steroid dienone is 1. The molecule has 0 unspecified atom stereocenters. The highest BCUT2D eigenvalue weighted by molar-refractivity contribution is 8.13. The van der Waals surface area contributed by atoms with Crippen LogP contribution in [0, 0.1) is 5.82 Å². The van der Waals surface area contributed by atoms with Crippen LogP contribution >= 0.6 is 11.8 Å². The molecule has 0 saturated heterocycles. The summed E-state index contributed by atoms with van der Waals surface area (Å²) in [6, 6.07) is 3.49. The molecule has 0 saturated carbocycles. The van der Waals surface area contributed by atoms with E-state index >= 15 is 0 Å². The molecule has 0 aliphatic carbocycles. The van der Waals surface area contributed by atoms with Gasteiger partial charge in [0.25, 0.3) is 0 Å². The predicted molar refractivity (Wildman–Crippen MR) is 74.6 cm³/mol. The van der Waals surface area contributed by atoms with Crippen molar-refractivity contribution in [3.63, 3.8) is 0 Å². The predicted octanol–water partition coefficient (Wildman–Crippen LogP) is 2.16. The van der Waals surface area contributed by atoms with Gasteiger partial charge < -0.3 is 0 Å². The standard InChI is InChI=1S/C12H14FNO3S2/c1-9(15)18-7-3-2-4-10-5-6-11(8-12(10)13)19(14,16)17/h2,4-6,8H,3,7H2,1H3,(H2,14,16,17). The Bertz CT molecular complexity index is 597. The minimum Gasteiger partial charge on any atom is -0.288 e. The SMILES string of the molecule is CC(=O)SCCC=Cc1ccc(S(N)(=O)=O)cc1F. The fourth-order valence-electron chi connectivity index (χ4n) is 1.30. The van der Waals surface area contributed by atoms with E-state index in [-0.39, 0.29) is 15.6 Å². The van der Waals surface area contributed by atoms with E-state index in [1.165, 1.54) is 30.8 Å². The van der Waals surface area contributed by atoms with Crippen LogP contribution in [0.5, 0.6) is 0 Å². The number of benzene rings is 1. The first-order valence-corrected chi connectivity index (χ1v) is 7.96. The summed E-state index contributed by atoms with van der Waals surface area (Å²) in [7, 11) is -3.89. The van der Waals surface area contributed by atoms with E-state index in [1.54, 1.807) is 12.2 Å². The number of halogens is 1. The maximum Gasteiger partial charge on any atom is 0.238 e. The zero-order valence-corrected chi connectivity index (χ0v) is 11.9. The molecular formula is C12H14FNO3S2. The van der Waals surface area contributed by atoms with Crippen LogP contribution in [-0.2, 0) is 14.8 Å². The van der Waals surface area contributed by atoms with E-state index in [2.05, 4.69) is 0 Å². The molecule has 1 aromatic carbocycles. The molecule has 2 N–H and O–H groups in total. The van der Waals surface area contributed by atoms with E-state index in [4.69, 9.17) is 5.14 Å². The van der Waals surface area contributed by atoms with Gasteiger partial charge in [0.1, 0.15) is 5.82 Å². The van der Waals surface area contributed by atoms with Crippen molar-refractivity contribution >= 4 is 33.0 Å². The molecule has 1 rings (SSSR count). The van der Waals surface area contributed by atoms with Gasteiger partial charge in [0.15, 0.2) is 5.12 Å². The fourth-order valence-corrected chi connectivity index (χ4v) is 2.37. The monoisotopic (exact) mass is 303 g/mol. The molecule has 0 heterocycles. The third-order valence-electron chi connectivity index (χ3n) is 2.19. The first kappa shape index (κ1) is 15.9. The Morgan fingerprint density at radius 3 is 2.68 bits per heavy atom. The number of nitrogens with two attached hydrogens (primary N) is 1. The molecule has 104 valence electrons. The largest absolute Gasteiger partial charge is 0.288 e. The summed E-state index contributed by atoms with van der Waals surface area (Å²) in [6.07, 6.45) is 3.90. The number of hydrogen-bond acceptors (Lipinski definition) is 4. The molecule has 1 aromatic rings. The van der Waals surface area contributed by atoms with Crippen LogP contribution in [0.2, 0.25) is 0 Å². The second kappa shape index (κ2) is 6.83. The highest BCUT2D eigenvalue weighted by Gasteiger charge is 2.10. The fraction of sp³-hybridized carbons (Fsp3) is 0.250. The molecule has 7 heteroatoms. The van der Waals surface area contributed by atoms with Gasteiger partial charge in [-0.15, -0.1) is 0 Å². The molecule has 4 nitrogen and oxygen atoms in total. The zero-order valence-electron chi connectivity index (χ0n) is 10.3. The van der Waals surface area contributed by atoms with Crippen molar-refractivity contribution in [1.82, 2.24) is 0 Å². The number of thioether (sulfide) groups is 1. The van der Waals surface area contributed by atoms with Crippen molar-refractivity contribution in [1.29, 1.82) is 0 Å². The highest BCUT2D eigenvalue weighted by atomic mass is 32.2. The summed E-state index contributed by atoms with van der Waals surface area (Å²) < 4.78 is 35.6. The molecule has 0 aliphatic rings. The molecule has 0 atom stereocenters. The second-order valence-corrected chi connectivity index (χ2v) is 6.59. The lowest BCUT2D eigenvalue weighted by atomic mass is 10.2. The van der Waals surface area contributed by atoms with Crippen LogP contribution < -0.4 is 5.14 Å². The van der Waals surface area contributed by atoms with Crippen LogP contribution in [0.1, 0.15) is 18.9 Å². The Morgan fingerprint density at radius 2 is 2.16 bits per heavy atom. The Hall–Kier alpha value is -1.18. The van der Waals surface area contributed by atoms with Crippen molar-refractivity contribution < 1.29 is 17.6 Å². The van der Waals surface area contributed by atoms with Gasteiger partial charge in [-0.2, -0.15) is 0 Å². The smallest absolute Gasteiger partial charge is 0.238 e. The van der Waals surface area contributed by atoms with Crippen LogP contribution in [0.25, 0.3) is 6.08 Å². The summed E-state index contributed by atoms with van der Waals surface area (Å²) in [5.74, 6) is -0.0232. The third kappa shape index (κ3) is 5.54. The number of sulfonamides is 1. The van der Waals surface area contributed by atoms with Crippen LogP contribution in [0.4, 0.5) is 4.39 Å². The average Bonchev–Trinajstić information content (AvgIpc) is 2.28. The maximum atomic E-state index is 13.6. The van der Waals surface area contributed by atoms with Crippen LogP contribution in [0.3, 0.4) is 0 Å². The molecule has 0 spiro atoms. The molecule has 0 fully saturated rings. The molecule has 0 aliphatic heterocycles. The molecular weight excluding hydrogens is 289 g/mol. The van der Waals surface area contributed by atoms with Crippen LogP contribution in [-0.4, -0.2) is 19.3 Å². The highest BCUT2D eigenvalue weighted by Crippen LogP contribution is 2.15. The number of primary sulfonamides is 1. The van der Waals surface area contributed by atoms with Gasteiger partial charge in [0.05, 0.1) is 4.90 Å². The minimum atomic E-state index is -3.89. The summed E-state index contributed by atoms with van der Waals surface area (Å²) in [4.78, 5) is 10.4. The normalized spacial score (nSPS) is 11.9. The van der Waals surface area contributed by atoms with Gasteiger partial charge in [-0.25, -0.2) is 17.9 Å². The maximum absolute atomic E-state index is 13.6.